The number of anilines is 1. The maximum atomic E-state index is 12.2. The third kappa shape index (κ3) is 4.25. The Morgan fingerprint density at radius 1 is 1.50 bits per heavy atom. The molecule has 0 unspecified atom stereocenters. The molecule has 1 aromatic carbocycles. The smallest absolute Gasteiger partial charge is 0.244 e. The summed E-state index contributed by atoms with van der Waals surface area (Å²) in [5.41, 5.74) is 1.75. The van der Waals surface area contributed by atoms with Crippen molar-refractivity contribution in [2.45, 2.75) is 32.9 Å². The number of benzene rings is 1. The monoisotopic (exact) mass is 320 g/mol. The maximum Gasteiger partial charge on any atom is 0.244 e. The lowest BCUT2D eigenvalue weighted by atomic mass is 10.2. The quantitative estimate of drug-likeness (QED) is 0.769. The van der Waals surface area contributed by atoms with Crippen molar-refractivity contribution in [1.82, 2.24) is 14.8 Å². The van der Waals surface area contributed by atoms with Crippen LogP contribution in [0, 0.1) is 4.77 Å². The van der Waals surface area contributed by atoms with Crippen LogP contribution in [0.3, 0.4) is 0 Å². The van der Waals surface area contributed by atoms with E-state index in [4.69, 9.17) is 17.0 Å². The zero-order valence-electron chi connectivity index (χ0n) is 12.8. The van der Waals surface area contributed by atoms with Gasteiger partial charge >= 0.3 is 0 Å². The largest absolute Gasteiger partial charge is 0.380 e. The van der Waals surface area contributed by atoms with Gasteiger partial charge in [0.1, 0.15) is 12.4 Å². The zero-order chi connectivity index (χ0) is 15.9. The van der Waals surface area contributed by atoms with Crippen molar-refractivity contribution in [2.24, 2.45) is 0 Å². The Kier molecular flexibility index (Phi) is 5.85. The van der Waals surface area contributed by atoms with Gasteiger partial charge in [-0.25, -0.2) is 0 Å². The minimum Gasteiger partial charge on any atom is -0.380 e. The molecule has 0 bridgehead atoms. The summed E-state index contributed by atoms with van der Waals surface area (Å²) in [5, 5.41) is 9.76. The fourth-order valence-corrected chi connectivity index (χ4v) is 2.39. The number of hydrogen-bond donors (Lipinski definition) is 2. The number of ether oxygens (including phenoxy) is 1. The lowest BCUT2D eigenvalue weighted by Gasteiger charge is -2.09. The van der Waals surface area contributed by atoms with Crippen LogP contribution >= 0.6 is 12.2 Å². The summed E-state index contributed by atoms with van der Waals surface area (Å²) in [5.74, 6) is 0.667. The van der Waals surface area contributed by atoms with Gasteiger partial charge in [-0.15, -0.1) is 0 Å². The van der Waals surface area contributed by atoms with Crippen LogP contribution in [0.25, 0.3) is 0 Å². The van der Waals surface area contributed by atoms with Crippen molar-refractivity contribution < 1.29 is 9.53 Å². The number of nitrogens with one attached hydrogen (secondary N) is 2. The van der Waals surface area contributed by atoms with Gasteiger partial charge in [0, 0.05) is 19.2 Å². The number of aromatic amines is 1. The first-order valence-corrected chi connectivity index (χ1v) is 7.56. The van der Waals surface area contributed by atoms with E-state index in [1.807, 2.05) is 24.3 Å². The number of H-pyrrole nitrogens is 1. The van der Waals surface area contributed by atoms with E-state index in [1.165, 1.54) is 0 Å². The van der Waals surface area contributed by atoms with Crippen LogP contribution in [-0.4, -0.2) is 27.8 Å². The Hall–Kier alpha value is -1.99. The third-order valence-corrected chi connectivity index (χ3v) is 3.45. The number of methoxy groups -OCH3 is 1. The summed E-state index contributed by atoms with van der Waals surface area (Å²) in [7, 11) is 1.64. The van der Waals surface area contributed by atoms with Crippen molar-refractivity contribution in [3.63, 3.8) is 0 Å². The molecule has 2 N–H and O–H groups in total. The van der Waals surface area contributed by atoms with Gasteiger partial charge in [0.25, 0.3) is 0 Å². The Morgan fingerprint density at radius 2 is 2.32 bits per heavy atom. The first kappa shape index (κ1) is 16.4. The van der Waals surface area contributed by atoms with Gasteiger partial charge in [0.2, 0.25) is 5.91 Å². The molecule has 1 heterocycles. The Labute approximate surface area is 134 Å². The Morgan fingerprint density at radius 3 is 3.05 bits per heavy atom. The number of aryl methyl sites for hydroxylation is 1. The number of carbonyl (C=O) groups excluding carboxylic acids is 1. The number of rotatable bonds is 7. The number of aromatic nitrogens is 3. The van der Waals surface area contributed by atoms with Crippen molar-refractivity contribution in [1.29, 1.82) is 0 Å². The van der Waals surface area contributed by atoms with Crippen LogP contribution in [0.5, 0.6) is 0 Å². The van der Waals surface area contributed by atoms with E-state index in [9.17, 15) is 4.79 Å². The van der Waals surface area contributed by atoms with E-state index in [0.717, 1.165) is 29.9 Å². The van der Waals surface area contributed by atoms with E-state index in [1.54, 1.807) is 11.7 Å². The second kappa shape index (κ2) is 7.86. The number of nitrogens with zero attached hydrogens (tertiary/aromatic N) is 2. The topological polar surface area (TPSA) is 71.9 Å². The highest BCUT2D eigenvalue weighted by molar-refractivity contribution is 7.71. The molecular formula is C15H20N4O2S. The first-order valence-electron chi connectivity index (χ1n) is 7.15. The molecule has 0 saturated heterocycles. The van der Waals surface area contributed by atoms with Gasteiger partial charge in [0.05, 0.1) is 6.61 Å². The molecule has 0 radical (unpaired) electrons. The molecule has 1 aromatic heterocycles. The van der Waals surface area contributed by atoms with E-state index >= 15 is 0 Å². The zero-order valence-corrected chi connectivity index (χ0v) is 13.6. The second-order valence-corrected chi connectivity index (χ2v) is 5.35. The number of amides is 1. The van der Waals surface area contributed by atoms with Gasteiger partial charge < -0.3 is 10.1 Å². The summed E-state index contributed by atoms with van der Waals surface area (Å²) in [6.45, 7) is 2.72. The summed E-state index contributed by atoms with van der Waals surface area (Å²) in [4.78, 5) is 12.2. The highest BCUT2D eigenvalue weighted by Gasteiger charge is 2.10. The van der Waals surface area contributed by atoms with E-state index in [0.29, 0.717) is 11.4 Å². The summed E-state index contributed by atoms with van der Waals surface area (Å²) in [6, 6.07) is 7.57. The molecule has 0 fully saturated rings. The van der Waals surface area contributed by atoms with Crippen molar-refractivity contribution >= 4 is 23.8 Å². The molecule has 0 aliphatic heterocycles. The molecule has 0 atom stereocenters. The summed E-state index contributed by atoms with van der Waals surface area (Å²) >= 11 is 5.17. The first-order chi connectivity index (χ1) is 10.6. The van der Waals surface area contributed by atoms with Gasteiger partial charge in [-0.05, 0) is 36.3 Å². The Balaban J connectivity index is 2.06. The maximum absolute atomic E-state index is 12.2. The third-order valence-electron chi connectivity index (χ3n) is 3.13. The van der Waals surface area contributed by atoms with Gasteiger partial charge in [-0.1, -0.05) is 19.1 Å². The standard InChI is InChI=1S/C15H20N4O2S/c1-3-5-13-17-18-15(22)19(13)9-14(20)16-12-7-4-6-11(8-12)10-21-2/h4,6-8H,3,5,9-10H2,1-2H3,(H,16,20)(H,18,22). The highest BCUT2D eigenvalue weighted by Crippen LogP contribution is 2.12. The summed E-state index contributed by atoms with van der Waals surface area (Å²) < 4.78 is 7.28. The molecule has 22 heavy (non-hydrogen) atoms. The molecule has 0 aliphatic rings. The van der Waals surface area contributed by atoms with Gasteiger partial charge in [0.15, 0.2) is 4.77 Å². The van der Waals surface area contributed by atoms with Crippen molar-refractivity contribution in [2.75, 3.05) is 12.4 Å². The lowest BCUT2D eigenvalue weighted by Crippen LogP contribution is -2.20. The van der Waals surface area contributed by atoms with Crippen LogP contribution in [0.15, 0.2) is 24.3 Å². The highest BCUT2D eigenvalue weighted by atomic mass is 32.1. The average molecular weight is 320 g/mol. The molecule has 0 aliphatic carbocycles. The molecule has 2 aromatic rings. The van der Waals surface area contributed by atoms with E-state index in [2.05, 4.69) is 22.4 Å². The predicted octanol–water partition coefficient (Wildman–Crippen LogP) is 2.68. The molecule has 0 saturated carbocycles. The van der Waals surface area contributed by atoms with Gasteiger partial charge in [-0.2, -0.15) is 5.10 Å². The van der Waals surface area contributed by atoms with Crippen LogP contribution in [-0.2, 0) is 29.1 Å². The molecule has 1 amide bonds. The number of carbonyl (C=O) groups is 1. The van der Waals surface area contributed by atoms with Crippen LogP contribution in [0.2, 0.25) is 0 Å². The molecule has 118 valence electrons. The molecule has 2 rings (SSSR count). The van der Waals surface area contributed by atoms with Crippen LogP contribution in [0.4, 0.5) is 5.69 Å². The fraction of sp³-hybridized carbons (Fsp3) is 0.400. The van der Waals surface area contributed by atoms with Crippen LogP contribution in [0.1, 0.15) is 24.7 Å². The fourth-order valence-electron chi connectivity index (χ4n) is 2.18. The van der Waals surface area contributed by atoms with Gasteiger partial charge in [-0.3, -0.25) is 14.5 Å². The predicted molar refractivity (Wildman–Crippen MR) is 87.2 cm³/mol. The van der Waals surface area contributed by atoms with E-state index < -0.39 is 0 Å². The Bertz CT molecular complexity index is 693. The second-order valence-electron chi connectivity index (χ2n) is 4.96. The molecular weight excluding hydrogens is 300 g/mol. The molecule has 0 spiro atoms. The van der Waals surface area contributed by atoms with Crippen LogP contribution < -0.4 is 5.32 Å². The summed E-state index contributed by atoms with van der Waals surface area (Å²) in [6.07, 6.45) is 1.73. The minimum absolute atomic E-state index is 0.135. The van der Waals surface area contributed by atoms with Crippen molar-refractivity contribution in [3.05, 3.63) is 40.4 Å². The minimum atomic E-state index is -0.135. The average Bonchev–Trinajstić information content (AvgIpc) is 2.81. The SMILES string of the molecule is CCCc1n[nH]c(=S)n1CC(=O)Nc1cccc(COC)c1. The normalized spacial score (nSPS) is 10.6. The number of hydrogen-bond acceptors (Lipinski definition) is 4. The lowest BCUT2D eigenvalue weighted by molar-refractivity contribution is -0.116. The molecule has 7 heteroatoms. The van der Waals surface area contributed by atoms with Crippen molar-refractivity contribution in [3.8, 4) is 0 Å². The van der Waals surface area contributed by atoms with E-state index in [-0.39, 0.29) is 12.5 Å². The molecule has 6 nitrogen and oxygen atoms in total.